The molecule has 0 aliphatic carbocycles. The van der Waals surface area contributed by atoms with Gasteiger partial charge in [-0.2, -0.15) is 0 Å². The van der Waals surface area contributed by atoms with Gasteiger partial charge in [-0.3, -0.25) is 4.79 Å². The molecule has 1 N–H and O–H groups in total. The molecule has 2 aromatic carbocycles. The van der Waals surface area contributed by atoms with Crippen molar-refractivity contribution in [3.8, 4) is 0 Å². The third kappa shape index (κ3) is 8.67. The molecule has 9 nitrogen and oxygen atoms in total. The largest absolute Gasteiger partial charge is 0.456 e. The highest BCUT2D eigenvalue weighted by Crippen LogP contribution is 2.40. The molecular formula is C32H42I2O9. The lowest BCUT2D eigenvalue weighted by Crippen LogP contribution is -2.67. The van der Waals surface area contributed by atoms with Crippen LogP contribution in [0, 0.1) is 5.92 Å². The van der Waals surface area contributed by atoms with Gasteiger partial charge in [-0.25, -0.2) is 0 Å². The van der Waals surface area contributed by atoms with Crippen LogP contribution in [0.3, 0.4) is 0 Å². The highest BCUT2D eigenvalue weighted by Gasteiger charge is 2.56. The first kappa shape index (κ1) is 35.0. The Morgan fingerprint density at radius 2 is 1.49 bits per heavy atom. The zero-order chi connectivity index (χ0) is 31.1. The van der Waals surface area contributed by atoms with E-state index >= 15 is 0 Å². The second-order valence-electron chi connectivity index (χ2n) is 11.4. The van der Waals surface area contributed by atoms with Crippen LogP contribution in [0.4, 0.5) is 0 Å². The Bertz CT molecular complexity index is 1140. The molecule has 0 unspecified atom stereocenters. The van der Waals surface area contributed by atoms with Crippen LogP contribution in [0.5, 0.6) is 0 Å². The van der Waals surface area contributed by atoms with Crippen molar-refractivity contribution >= 4 is 51.2 Å². The van der Waals surface area contributed by atoms with Gasteiger partial charge in [0.05, 0.1) is 35.3 Å². The minimum Gasteiger partial charge on any atom is -0.456 e. The van der Waals surface area contributed by atoms with E-state index in [1.54, 1.807) is 34.8 Å². The Kier molecular flexibility index (Phi) is 13.1. The number of benzene rings is 2. The summed E-state index contributed by atoms with van der Waals surface area (Å²) in [5.74, 6) is -0.731. The van der Waals surface area contributed by atoms with Crippen molar-refractivity contribution in [2.45, 2.75) is 99.6 Å². The number of hydrogen-bond acceptors (Lipinski definition) is 9. The maximum atomic E-state index is 12.4. The number of alkyl halides is 2. The molecule has 2 aliphatic rings. The van der Waals surface area contributed by atoms with Gasteiger partial charge in [-0.05, 0) is 25.0 Å². The number of carbonyl (C=O) groups excluding carboxylic acids is 1. The molecule has 2 aliphatic heterocycles. The molecule has 0 amide bonds. The molecule has 0 bridgehead atoms. The summed E-state index contributed by atoms with van der Waals surface area (Å²) in [6.07, 6.45) is -5.34. The van der Waals surface area contributed by atoms with E-state index in [0.717, 1.165) is 11.1 Å². The second-order valence-corrected chi connectivity index (χ2v) is 13.6. The standard InChI is InChI=1S/C32H42I2O9/c1-19(2)29(35)43-28-20(3)40-31(27(34)32(28,4)36)42-24-23(16-33)41-30(37-5)26(39-18-22-14-10-7-11-15-22)25(24)38-17-21-12-8-6-9-13-21/h6-15,19-20,23-28,30-31,36H,16-18H2,1-5H3/t20-,23+,24+,25-,26+,27-,28-,30-,31-,32-/m0/s1. The molecule has 0 saturated carbocycles. The lowest BCUT2D eigenvalue weighted by molar-refractivity contribution is -0.346. The van der Waals surface area contributed by atoms with Crippen molar-refractivity contribution in [2.75, 3.05) is 11.5 Å². The van der Waals surface area contributed by atoms with E-state index in [9.17, 15) is 9.90 Å². The minimum absolute atomic E-state index is 0.321. The summed E-state index contributed by atoms with van der Waals surface area (Å²) in [6.45, 7) is 7.58. The van der Waals surface area contributed by atoms with Gasteiger partial charge in [0.2, 0.25) is 0 Å². The third-order valence-corrected chi connectivity index (χ3v) is 10.4. The summed E-state index contributed by atoms with van der Waals surface area (Å²) >= 11 is 4.38. The predicted molar refractivity (Wildman–Crippen MR) is 177 cm³/mol. The van der Waals surface area contributed by atoms with Crippen LogP contribution < -0.4 is 0 Å². The lowest BCUT2D eigenvalue weighted by Gasteiger charge is -2.50. The molecule has 43 heavy (non-hydrogen) atoms. The molecule has 0 aromatic heterocycles. The molecule has 2 fully saturated rings. The Labute approximate surface area is 281 Å². The number of hydrogen-bond donors (Lipinski definition) is 1. The first-order valence-corrected chi connectivity index (χ1v) is 17.3. The van der Waals surface area contributed by atoms with Crippen LogP contribution in [-0.4, -0.2) is 81.3 Å². The van der Waals surface area contributed by atoms with Crippen LogP contribution in [0.25, 0.3) is 0 Å². The maximum absolute atomic E-state index is 12.4. The summed E-state index contributed by atoms with van der Waals surface area (Å²) < 4.78 is 43.9. The zero-order valence-electron chi connectivity index (χ0n) is 25.1. The Balaban J connectivity index is 1.61. The summed E-state index contributed by atoms with van der Waals surface area (Å²) in [5.41, 5.74) is 0.575. The van der Waals surface area contributed by atoms with Crippen LogP contribution >= 0.6 is 45.2 Å². The van der Waals surface area contributed by atoms with Crippen molar-refractivity contribution in [3.63, 3.8) is 0 Å². The number of esters is 1. The number of halogens is 2. The van der Waals surface area contributed by atoms with Crippen LogP contribution in [0.15, 0.2) is 60.7 Å². The minimum atomic E-state index is -1.43. The van der Waals surface area contributed by atoms with E-state index in [2.05, 4.69) is 45.2 Å². The molecule has 0 radical (unpaired) electrons. The zero-order valence-corrected chi connectivity index (χ0v) is 29.5. The summed E-state index contributed by atoms with van der Waals surface area (Å²) in [5, 5.41) is 11.6. The van der Waals surface area contributed by atoms with Crippen molar-refractivity contribution in [3.05, 3.63) is 71.8 Å². The third-order valence-electron chi connectivity index (χ3n) is 7.70. The lowest BCUT2D eigenvalue weighted by atomic mass is 9.88. The summed E-state index contributed by atoms with van der Waals surface area (Å²) in [6, 6.07) is 19.8. The Morgan fingerprint density at radius 1 is 0.930 bits per heavy atom. The van der Waals surface area contributed by atoms with Gasteiger partial charge in [0.1, 0.15) is 23.9 Å². The molecule has 11 heteroatoms. The van der Waals surface area contributed by atoms with Gasteiger partial charge < -0.3 is 38.3 Å². The second kappa shape index (κ2) is 16.1. The Hall–Kier alpha value is -0.910. The van der Waals surface area contributed by atoms with Crippen molar-refractivity contribution in [1.29, 1.82) is 0 Å². The monoisotopic (exact) mass is 824 g/mol. The van der Waals surface area contributed by atoms with Crippen LogP contribution in [0.2, 0.25) is 0 Å². The molecular weight excluding hydrogens is 782 g/mol. The van der Waals surface area contributed by atoms with E-state index < -0.39 is 64.7 Å². The fourth-order valence-corrected chi connectivity index (χ4v) is 6.65. The predicted octanol–water partition coefficient (Wildman–Crippen LogP) is 5.22. The summed E-state index contributed by atoms with van der Waals surface area (Å²) in [4.78, 5) is 12.4. The van der Waals surface area contributed by atoms with Gasteiger partial charge in [0, 0.05) is 11.5 Å². The van der Waals surface area contributed by atoms with Crippen LogP contribution in [-0.2, 0) is 51.2 Å². The van der Waals surface area contributed by atoms with Gasteiger partial charge >= 0.3 is 5.97 Å². The first-order valence-electron chi connectivity index (χ1n) is 14.5. The smallest absolute Gasteiger partial charge is 0.308 e. The first-order chi connectivity index (χ1) is 20.6. The topological polar surface area (TPSA) is 102 Å². The molecule has 238 valence electrons. The van der Waals surface area contributed by atoms with Gasteiger partial charge in [-0.15, -0.1) is 0 Å². The molecule has 0 spiro atoms. The maximum Gasteiger partial charge on any atom is 0.308 e. The van der Waals surface area contributed by atoms with Gasteiger partial charge in [-0.1, -0.05) is 120 Å². The van der Waals surface area contributed by atoms with E-state index in [1.807, 2.05) is 60.7 Å². The number of methoxy groups -OCH3 is 1. The molecule has 4 rings (SSSR count). The van der Waals surface area contributed by atoms with Gasteiger partial charge in [0.15, 0.2) is 18.7 Å². The number of ether oxygens (including phenoxy) is 7. The summed E-state index contributed by atoms with van der Waals surface area (Å²) in [7, 11) is 1.59. The van der Waals surface area contributed by atoms with Crippen molar-refractivity contribution < 1.29 is 43.1 Å². The average Bonchev–Trinajstić information content (AvgIpc) is 3.01. The molecule has 2 aromatic rings. The SMILES string of the molecule is CO[C@H]1O[C@H](CI)[C@@H](O[C@@H]2O[C@@H](C)[C@H](OC(=O)C(C)C)[C@@](C)(O)[C@H]2I)[C@H](OCc2ccccc2)[C@H]1OCc1ccccc1. The highest BCUT2D eigenvalue weighted by atomic mass is 127. The normalized spacial score (nSPS) is 34.7. The molecule has 2 heterocycles. The quantitative estimate of drug-likeness (QED) is 0.176. The van der Waals surface area contributed by atoms with Crippen molar-refractivity contribution in [2.24, 2.45) is 5.92 Å². The van der Waals surface area contributed by atoms with Gasteiger partial charge in [0.25, 0.3) is 0 Å². The fourth-order valence-electron chi connectivity index (χ4n) is 5.25. The number of aliphatic hydroxyl groups is 1. The number of rotatable bonds is 12. The Morgan fingerprint density at radius 3 is 2.00 bits per heavy atom. The van der Waals surface area contributed by atoms with E-state index in [-0.39, 0.29) is 5.92 Å². The van der Waals surface area contributed by atoms with E-state index in [1.165, 1.54) is 0 Å². The van der Waals surface area contributed by atoms with E-state index in [4.69, 9.17) is 33.2 Å². The molecule has 2 saturated heterocycles. The highest BCUT2D eigenvalue weighted by molar-refractivity contribution is 14.1. The molecule has 10 atom stereocenters. The van der Waals surface area contributed by atoms with Crippen molar-refractivity contribution in [1.82, 2.24) is 0 Å². The van der Waals surface area contributed by atoms with E-state index in [0.29, 0.717) is 17.6 Å². The van der Waals surface area contributed by atoms with Crippen LogP contribution in [0.1, 0.15) is 38.8 Å². The average molecular weight is 824 g/mol. The fraction of sp³-hybridized carbons (Fsp3) is 0.594. The number of carbonyl (C=O) groups is 1.